The van der Waals surface area contributed by atoms with Gasteiger partial charge in [-0.2, -0.15) is 5.10 Å². The van der Waals surface area contributed by atoms with Gasteiger partial charge in [0.25, 0.3) is 0 Å². The molecule has 1 aliphatic heterocycles. The first-order valence-corrected chi connectivity index (χ1v) is 10.5. The third-order valence-electron chi connectivity index (χ3n) is 6.34. The largest absolute Gasteiger partial charge is 0.354 e. The molecular formula is C22H31N5O. The molecule has 6 nitrogen and oxygen atoms in total. The average Bonchev–Trinajstić information content (AvgIpc) is 3.39. The molecule has 2 aromatic rings. The zero-order valence-electron chi connectivity index (χ0n) is 16.8. The zero-order chi connectivity index (χ0) is 19.4. The Labute approximate surface area is 167 Å². The van der Waals surface area contributed by atoms with E-state index in [2.05, 4.69) is 51.4 Å². The number of carbonyl (C=O) groups is 1. The van der Waals surface area contributed by atoms with Gasteiger partial charge in [0.15, 0.2) is 0 Å². The van der Waals surface area contributed by atoms with Crippen LogP contribution in [0.25, 0.3) is 0 Å². The number of hydrogen-bond donors (Lipinski definition) is 1. The molecule has 1 saturated heterocycles. The highest BCUT2D eigenvalue weighted by Gasteiger charge is 2.48. The number of aromatic nitrogens is 2. The van der Waals surface area contributed by atoms with Crippen molar-refractivity contribution in [2.45, 2.75) is 38.3 Å². The van der Waals surface area contributed by atoms with Crippen molar-refractivity contribution in [3.05, 3.63) is 53.9 Å². The molecule has 1 amide bonds. The molecule has 0 bridgehead atoms. The van der Waals surface area contributed by atoms with E-state index in [1.165, 1.54) is 11.1 Å². The summed E-state index contributed by atoms with van der Waals surface area (Å²) in [4.78, 5) is 18.4. The molecule has 0 radical (unpaired) electrons. The maximum absolute atomic E-state index is 13.5. The summed E-state index contributed by atoms with van der Waals surface area (Å²) in [6, 6.07) is 10.5. The molecule has 0 atom stereocenters. The quantitative estimate of drug-likeness (QED) is 0.740. The first-order valence-electron chi connectivity index (χ1n) is 10.5. The smallest absolute Gasteiger partial charge is 0.241 e. The summed E-state index contributed by atoms with van der Waals surface area (Å²) in [6.07, 6.45) is 6.28. The van der Waals surface area contributed by atoms with E-state index in [-0.39, 0.29) is 5.91 Å². The van der Waals surface area contributed by atoms with Gasteiger partial charge >= 0.3 is 0 Å². The lowest BCUT2D eigenvalue weighted by molar-refractivity contribution is -0.134. The van der Waals surface area contributed by atoms with Crippen LogP contribution in [-0.2, 0) is 24.2 Å². The van der Waals surface area contributed by atoms with E-state index in [0.717, 1.165) is 58.5 Å². The van der Waals surface area contributed by atoms with Gasteiger partial charge in [-0.3, -0.25) is 14.4 Å². The summed E-state index contributed by atoms with van der Waals surface area (Å²) in [5.41, 5.74) is 2.22. The predicted octanol–water partition coefficient (Wildman–Crippen LogP) is 1.56. The van der Waals surface area contributed by atoms with Crippen LogP contribution in [0, 0.1) is 0 Å². The molecule has 1 aliphatic carbocycles. The van der Waals surface area contributed by atoms with Gasteiger partial charge in [-0.05, 0) is 30.2 Å². The molecule has 1 aromatic heterocycles. The number of aryl methyl sites for hydroxylation is 1. The van der Waals surface area contributed by atoms with Crippen LogP contribution >= 0.6 is 0 Å². The van der Waals surface area contributed by atoms with Gasteiger partial charge in [-0.25, -0.2) is 0 Å². The Hall–Kier alpha value is -2.18. The van der Waals surface area contributed by atoms with Crippen LogP contribution in [0.4, 0.5) is 0 Å². The fraction of sp³-hybridized carbons (Fsp3) is 0.545. The van der Waals surface area contributed by atoms with Crippen LogP contribution in [0.2, 0.25) is 0 Å². The molecule has 6 heteroatoms. The molecule has 150 valence electrons. The van der Waals surface area contributed by atoms with Crippen molar-refractivity contribution in [1.82, 2.24) is 24.9 Å². The number of carbonyl (C=O) groups excluding carboxylic acids is 1. The van der Waals surface area contributed by atoms with E-state index in [9.17, 15) is 4.79 Å². The molecule has 1 fully saturated rings. The van der Waals surface area contributed by atoms with E-state index in [0.29, 0.717) is 6.54 Å². The van der Waals surface area contributed by atoms with Crippen LogP contribution in [0.15, 0.2) is 42.7 Å². The summed E-state index contributed by atoms with van der Waals surface area (Å²) in [7, 11) is 0. The highest BCUT2D eigenvalue weighted by atomic mass is 16.2. The standard InChI is InChI=1S/C22H31N5O/c1-2-25-13-15-26(16-14-25)22(17-19-7-3-4-8-20(19)18-22)21(28)23-9-5-11-27-12-6-10-24-27/h3-4,6-8,10,12H,2,5,9,11,13-18H2,1H3,(H,23,28). The summed E-state index contributed by atoms with van der Waals surface area (Å²) in [6.45, 7) is 8.82. The lowest BCUT2D eigenvalue weighted by Gasteiger charge is -2.44. The highest BCUT2D eigenvalue weighted by Crippen LogP contribution is 2.35. The monoisotopic (exact) mass is 381 g/mol. The minimum Gasteiger partial charge on any atom is -0.354 e. The molecule has 28 heavy (non-hydrogen) atoms. The van der Waals surface area contributed by atoms with Gasteiger partial charge in [-0.1, -0.05) is 31.2 Å². The van der Waals surface area contributed by atoms with E-state index in [1.807, 2.05) is 16.9 Å². The second-order valence-corrected chi connectivity index (χ2v) is 7.95. The van der Waals surface area contributed by atoms with E-state index in [1.54, 1.807) is 6.20 Å². The molecule has 0 spiro atoms. The summed E-state index contributed by atoms with van der Waals surface area (Å²) >= 11 is 0. The van der Waals surface area contributed by atoms with Crippen molar-refractivity contribution in [2.24, 2.45) is 0 Å². The lowest BCUT2D eigenvalue weighted by Crippen LogP contribution is -2.64. The number of amides is 1. The Morgan fingerprint density at radius 1 is 1.11 bits per heavy atom. The number of rotatable bonds is 7. The Morgan fingerprint density at radius 3 is 2.43 bits per heavy atom. The number of fused-ring (bicyclic) bond motifs is 1. The number of nitrogens with zero attached hydrogens (tertiary/aromatic N) is 4. The maximum Gasteiger partial charge on any atom is 0.241 e. The Balaban J connectivity index is 1.43. The summed E-state index contributed by atoms with van der Waals surface area (Å²) in [5, 5.41) is 7.48. The minimum absolute atomic E-state index is 0.189. The molecule has 2 aliphatic rings. The number of nitrogens with one attached hydrogen (secondary N) is 1. The van der Waals surface area contributed by atoms with Crippen LogP contribution in [0.3, 0.4) is 0 Å². The SMILES string of the molecule is CCN1CCN(C2(C(=O)NCCCn3cccn3)Cc3ccccc3C2)CC1. The van der Waals surface area contributed by atoms with Crippen LogP contribution in [0.1, 0.15) is 24.5 Å². The van der Waals surface area contributed by atoms with E-state index >= 15 is 0 Å². The molecular weight excluding hydrogens is 350 g/mol. The average molecular weight is 382 g/mol. The number of hydrogen-bond acceptors (Lipinski definition) is 4. The van der Waals surface area contributed by atoms with Gasteiger partial charge in [0, 0.05) is 64.5 Å². The van der Waals surface area contributed by atoms with Gasteiger partial charge in [0.1, 0.15) is 5.54 Å². The molecule has 0 saturated carbocycles. The minimum atomic E-state index is -0.435. The van der Waals surface area contributed by atoms with Crippen molar-refractivity contribution in [3.8, 4) is 0 Å². The molecule has 2 heterocycles. The predicted molar refractivity (Wildman–Crippen MR) is 110 cm³/mol. The Morgan fingerprint density at radius 2 is 1.82 bits per heavy atom. The van der Waals surface area contributed by atoms with Crippen LogP contribution in [-0.4, -0.2) is 70.3 Å². The van der Waals surface area contributed by atoms with Crippen LogP contribution in [0.5, 0.6) is 0 Å². The highest BCUT2D eigenvalue weighted by molar-refractivity contribution is 5.88. The van der Waals surface area contributed by atoms with Crippen molar-refractivity contribution < 1.29 is 4.79 Å². The van der Waals surface area contributed by atoms with Crippen molar-refractivity contribution in [3.63, 3.8) is 0 Å². The zero-order valence-corrected chi connectivity index (χ0v) is 16.8. The second-order valence-electron chi connectivity index (χ2n) is 7.95. The van der Waals surface area contributed by atoms with E-state index < -0.39 is 5.54 Å². The van der Waals surface area contributed by atoms with Gasteiger partial charge in [0.2, 0.25) is 5.91 Å². The normalized spacial score (nSPS) is 19.5. The van der Waals surface area contributed by atoms with Crippen molar-refractivity contribution in [1.29, 1.82) is 0 Å². The van der Waals surface area contributed by atoms with E-state index in [4.69, 9.17) is 0 Å². The van der Waals surface area contributed by atoms with Crippen molar-refractivity contribution >= 4 is 5.91 Å². The first kappa shape index (κ1) is 19.2. The van der Waals surface area contributed by atoms with Crippen molar-refractivity contribution in [2.75, 3.05) is 39.3 Å². The number of piperazine rings is 1. The fourth-order valence-corrected chi connectivity index (χ4v) is 4.66. The summed E-state index contributed by atoms with van der Waals surface area (Å²) < 4.78 is 1.91. The third-order valence-corrected chi connectivity index (χ3v) is 6.34. The molecule has 0 unspecified atom stereocenters. The summed E-state index contributed by atoms with van der Waals surface area (Å²) in [5.74, 6) is 0.189. The van der Waals surface area contributed by atoms with Gasteiger partial charge in [0.05, 0.1) is 0 Å². The third kappa shape index (κ3) is 3.84. The maximum atomic E-state index is 13.5. The first-order chi connectivity index (χ1) is 13.7. The Bertz CT molecular complexity index is 755. The van der Waals surface area contributed by atoms with Gasteiger partial charge in [-0.15, -0.1) is 0 Å². The lowest BCUT2D eigenvalue weighted by atomic mass is 9.90. The molecule has 4 rings (SSSR count). The number of benzene rings is 1. The van der Waals surface area contributed by atoms with Gasteiger partial charge < -0.3 is 10.2 Å². The topological polar surface area (TPSA) is 53.4 Å². The molecule has 1 aromatic carbocycles. The molecule has 1 N–H and O–H groups in total. The van der Waals surface area contributed by atoms with Crippen LogP contribution < -0.4 is 5.32 Å². The second kappa shape index (κ2) is 8.45. The number of likely N-dealkylation sites (N-methyl/N-ethyl adjacent to an activating group) is 1. The fourth-order valence-electron chi connectivity index (χ4n) is 4.66. The Kier molecular flexibility index (Phi) is 5.78.